The lowest BCUT2D eigenvalue weighted by Gasteiger charge is -2.22. The summed E-state index contributed by atoms with van der Waals surface area (Å²) in [6, 6.07) is 0. The van der Waals surface area contributed by atoms with Gasteiger partial charge in [0.1, 0.15) is 6.10 Å². The van der Waals surface area contributed by atoms with Gasteiger partial charge in [-0.15, -0.1) is 5.10 Å². The van der Waals surface area contributed by atoms with E-state index in [1.54, 1.807) is 7.05 Å². The Balaban J connectivity index is 2.24. The molecule has 1 fully saturated rings. The molecule has 0 atom stereocenters. The van der Waals surface area contributed by atoms with E-state index in [4.69, 9.17) is 9.47 Å². The second-order valence-electron chi connectivity index (χ2n) is 2.78. The van der Waals surface area contributed by atoms with E-state index < -0.39 is 0 Å². The van der Waals surface area contributed by atoms with Crippen LogP contribution in [0.3, 0.4) is 0 Å². The highest BCUT2D eigenvalue weighted by Crippen LogP contribution is 2.10. The maximum absolute atomic E-state index is 5.54. The van der Waals surface area contributed by atoms with Crippen molar-refractivity contribution in [2.45, 2.75) is 25.9 Å². The molecular weight excluding hydrogens is 156 g/mol. The van der Waals surface area contributed by atoms with Gasteiger partial charge in [0.15, 0.2) is 0 Å². The highest BCUT2D eigenvalue weighted by molar-refractivity contribution is 5.72. The van der Waals surface area contributed by atoms with E-state index in [1.807, 2.05) is 6.92 Å². The van der Waals surface area contributed by atoms with E-state index in [9.17, 15) is 0 Å². The first-order valence-electron chi connectivity index (χ1n) is 4.28. The zero-order valence-electron chi connectivity index (χ0n) is 7.67. The fourth-order valence-corrected chi connectivity index (χ4v) is 1.22. The summed E-state index contributed by atoms with van der Waals surface area (Å²) in [7, 11) is 1.76. The molecule has 1 rings (SSSR count). The normalized spacial score (nSPS) is 20.7. The number of ether oxygens (including phenoxy) is 2. The SMILES string of the molecule is CN/N=C(\C)OC1CCOCC1. The molecule has 0 aromatic carbocycles. The molecule has 1 saturated heterocycles. The Hall–Kier alpha value is -0.770. The Morgan fingerprint density at radius 1 is 1.50 bits per heavy atom. The number of hydrogen-bond acceptors (Lipinski definition) is 4. The molecule has 0 aromatic rings. The van der Waals surface area contributed by atoms with Gasteiger partial charge in [0.2, 0.25) is 5.90 Å². The molecule has 0 aromatic heterocycles. The highest BCUT2D eigenvalue weighted by Gasteiger charge is 2.15. The first kappa shape index (κ1) is 9.32. The lowest BCUT2D eigenvalue weighted by Crippen LogP contribution is -2.25. The molecule has 12 heavy (non-hydrogen) atoms. The molecule has 0 unspecified atom stereocenters. The predicted molar refractivity (Wildman–Crippen MR) is 47.1 cm³/mol. The molecule has 1 N–H and O–H groups in total. The van der Waals surface area contributed by atoms with Crippen molar-refractivity contribution < 1.29 is 9.47 Å². The van der Waals surface area contributed by atoms with Gasteiger partial charge in [-0.25, -0.2) is 0 Å². The second kappa shape index (κ2) is 4.98. The first-order chi connectivity index (χ1) is 5.83. The highest BCUT2D eigenvalue weighted by atomic mass is 16.5. The van der Waals surface area contributed by atoms with Gasteiger partial charge < -0.3 is 14.9 Å². The van der Waals surface area contributed by atoms with Crippen molar-refractivity contribution >= 4 is 5.90 Å². The van der Waals surface area contributed by atoms with Crippen LogP contribution >= 0.6 is 0 Å². The van der Waals surface area contributed by atoms with Crippen LogP contribution in [-0.4, -0.2) is 32.3 Å². The number of hydrazone groups is 1. The van der Waals surface area contributed by atoms with Crippen molar-refractivity contribution in [3.05, 3.63) is 0 Å². The quantitative estimate of drug-likeness (QED) is 0.379. The summed E-state index contributed by atoms with van der Waals surface area (Å²) < 4.78 is 10.7. The lowest BCUT2D eigenvalue weighted by molar-refractivity contribution is 0.0197. The Morgan fingerprint density at radius 3 is 2.75 bits per heavy atom. The zero-order valence-corrected chi connectivity index (χ0v) is 7.67. The minimum atomic E-state index is 0.288. The third-order valence-corrected chi connectivity index (χ3v) is 1.77. The van der Waals surface area contributed by atoms with Crippen molar-refractivity contribution in [2.24, 2.45) is 5.10 Å². The summed E-state index contributed by atoms with van der Waals surface area (Å²) in [4.78, 5) is 0. The van der Waals surface area contributed by atoms with E-state index in [0.29, 0.717) is 5.90 Å². The molecule has 4 heteroatoms. The zero-order chi connectivity index (χ0) is 8.81. The molecule has 1 heterocycles. The summed E-state index contributed by atoms with van der Waals surface area (Å²) in [5.41, 5.74) is 2.69. The van der Waals surface area contributed by atoms with Gasteiger partial charge in [-0.2, -0.15) is 0 Å². The van der Waals surface area contributed by atoms with Gasteiger partial charge in [-0.3, -0.25) is 0 Å². The van der Waals surface area contributed by atoms with Crippen molar-refractivity contribution in [3.63, 3.8) is 0 Å². The largest absolute Gasteiger partial charge is 0.476 e. The van der Waals surface area contributed by atoms with Gasteiger partial charge in [-0.05, 0) is 0 Å². The topological polar surface area (TPSA) is 42.9 Å². The molecule has 0 spiro atoms. The van der Waals surface area contributed by atoms with Crippen molar-refractivity contribution in [1.29, 1.82) is 0 Å². The molecule has 0 radical (unpaired) electrons. The number of nitrogens with zero attached hydrogens (tertiary/aromatic N) is 1. The number of rotatable bonds is 2. The summed E-state index contributed by atoms with van der Waals surface area (Å²) in [6.45, 7) is 3.46. The van der Waals surface area contributed by atoms with Crippen LogP contribution in [0.5, 0.6) is 0 Å². The standard InChI is InChI=1S/C8H16N2O2/c1-7(10-9-2)12-8-3-5-11-6-4-8/h8-9H,3-6H2,1-2H3/b10-7+. The molecule has 0 saturated carbocycles. The van der Waals surface area contributed by atoms with Gasteiger partial charge >= 0.3 is 0 Å². The van der Waals surface area contributed by atoms with E-state index in [0.717, 1.165) is 26.1 Å². The smallest absolute Gasteiger partial charge is 0.202 e. The van der Waals surface area contributed by atoms with Crippen LogP contribution in [-0.2, 0) is 9.47 Å². The van der Waals surface area contributed by atoms with Crippen LogP contribution in [0.4, 0.5) is 0 Å². The van der Waals surface area contributed by atoms with E-state index in [-0.39, 0.29) is 6.10 Å². The van der Waals surface area contributed by atoms with Gasteiger partial charge in [0.05, 0.1) is 13.2 Å². The van der Waals surface area contributed by atoms with Gasteiger partial charge in [-0.1, -0.05) is 0 Å². The van der Waals surface area contributed by atoms with Crippen LogP contribution in [0.1, 0.15) is 19.8 Å². The average Bonchev–Trinajstić information content (AvgIpc) is 2.06. The van der Waals surface area contributed by atoms with Gasteiger partial charge in [0.25, 0.3) is 0 Å². The molecule has 70 valence electrons. The summed E-state index contributed by atoms with van der Waals surface area (Å²) >= 11 is 0. The maximum Gasteiger partial charge on any atom is 0.202 e. The molecule has 1 aliphatic rings. The lowest BCUT2D eigenvalue weighted by atomic mass is 10.2. The summed E-state index contributed by atoms with van der Waals surface area (Å²) in [6.07, 6.45) is 2.23. The Kier molecular flexibility index (Phi) is 3.87. The first-order valence-corrected chi connectivity index (χ1v) is 4.28. The van der Waals surface area contributed by atoms with Crippen LogP contribution in [0.2, 0.25) is 0 Å². The Morgan fingerprint density at radius 2 is 2.17 bits per heavy atom. The number of nitrogens with one attached hydrogen (secondary N) is 1. The van der Waals surface area contributed by atoms with Gasteiger partial charge in [0, 0.05) is 26.8 Å². The Bertz CT molecular complexity index is 153. The molecule has 0 aliphatic carbocycles. The molecule has 1 aliphatic heterocycles. The monoisotopic (exact) mass is 172 g/mol. The fraction of sp³-hybridized carbons (Fsp3) is 0.875. The molecule has 0 amide bonds. The maximum atomic E-state index is 5.54. The van der Waals surface area contributed by atoms with Crippen molar-refractivity contribution in [3.8, 4) is 0 Å². The molecular formula is C8H16N2O2. The minimum Gasteiger partial charge on any atom is -0.476 e. The van der Waals surface area contributed by atoms with Crippen LogP contribution in [0.15, 0.2) is 5.10 Å². The van der Waals surface area contributed by atoms with Crippen LogP contribution in [0, 0.1) is 0 Å². The van der Waals surface area contributed by atoms with Crippen LogP contribution < -0.4 is 5.43 Å². The molecule has 4 nitrogen and oxygen atoms in total. The third kappa shape index (κ3) is 3.09. The van der Waals surface area contributed by atoms with E-state index >= 15 is 0 Å². The average molecular weight is 172 g/mol. The minimum absolute atomic E-state index is 0.288. The van der Waals surface area contributed by atoms with E-state index in [1.165, 1.54) is 0 Å². The number of hydrogen-bond donors (Lipinski definition) is 1. The Labute approximate surface area is 72.9 Å². The second-order valence-corrected chi connectivity index (χ2v) is 2.78. The third-order valence-electron chi connectivity index (χ3n) is 1.77. The summed E-state index contributed by atoms with van der Waals surface area (Å²) in [5, 5.41) is 3.92. The van der Waals surface area contributed by atoms with Crippen LogP contribution in [0.25, 0.3) is 0 Å². The molecule has 0 bridgehead atoms. The van der Waals surface area contributed by atoms with Crippen molar-refractivity contribution in [2.75, 3.05) is 20.3 Å². The predicted octanol–water partition coefficient (Wildman–Crippen LogP) is 0.735. The fourth-order valence-electron chi connectivity index (χ4n) is 1.22. The summed E-state index contributed by atoms with van der Waals surface area (Å²) in [5.74, 6) is 0.699. The van der Waals surface area contributed by atoms with E-state index in [2.05, 4.69) is 10.5 Å². The van der Waals surface area contributed by atoms with Crippen molar-refractivity contribution in [1.82, 2.24) is 5.43 Å².